The van der Waals surface area contributed by atoms with Crippen LogP contribution in [0.25, 0.3) is 16.3 Å². The van der Waals surface area contributed by atoms with Gasteiger partial charge in [0.2, 0.25) is 0 Å². The second-order valence-electron chi connectivity index (χ2n) is 9.62. The molecule has 0 unspecified atom stereocenters. The minimum atomic E-state index is -0.415. The molecular weight excluding hydrogens is 462 g/mol. The predicted molar refractivity (Wildman–Crippen MR) is 145 cm³/mol. The Morgan fingerprint density at radius 1 is 0.865 bits per heavy atom. The van der Waals surface area contributed by atoms with E-state index in [1.54, 1.807) is 13.2 Å². The van der Waals surface area contributed by atoms with Crippen molar-refractivity contribution in [1.29, 1.82) is 0 Å². The van der Waals surface area contributed by atoms with Crippen molar-refractivity contribution >= 4 is 33.8 Å². The molecule has 0 fully saturated rings. The van der Waals surface area contributed by atoms with Gasteiger partial charge in [0.05, 0.1) is 13.2 Å². The summed E-state index contributed by atoms with van der Waals surface area (Å²) >= 11 is 0. The molecule has 0 saturated heterocycles. The first-order valence-corrected chi connectivity index (χ1v) is 12.5. The Morgan fingerprint density at radius 2 is 1.65 bits per heavy atom. The summed E-state index contributed by atoms with van der Waals surface area (Å²) in [5.74, 6) is 0.663. The Labute approximate surface area is 215 Å². The fourth-order valence-corrected chi connectivity index (χ4v) is 5.76. The van der Waals surface area contributed by atoms with Crippen molar-refractivity contribution in [2.24, 2.45) is 0 Å². The molecule has 4 aromatic carbocycles. The summed E-state index contributed by atoms with van der Waals surface area (Å²) in [6, 6.07) is 28.0. The summed E-state index contributed by atoms with van der Waals surface area (Å²) in [4.78, 5) is 25.5. The number of ketones is 1. The summed E-state index contributed by atoms with van der Waals surface area (Å²) < 4.78 is 10.8. The number of ether oxygens (including phenoxy) is 2. The number of methoxy groups -OCH3 is 1. The van der Waals surface area contributed by atoms with E-state index in [0.29, 0.717) is 17.9 Å². The zero-order valence-electron chi connectivity index (χ0n) is 20.8. The van der Waals surface area contributed by atoms with E-state index in [1.165, 1.54) is 12.5 Å². The molecule has 2 aliphatic rings. The maximum Gasteiger partial charge on any atom is 0.308 e. The summed E-state index contributed by atoms with van der Waals surface area (Å²) in [5.41, 5.74) is 6.09. The van der Waals surface area contributed by atoms with Crippen molar-refractivity contribution in [1.82, 2.24) is 0 Å². The summed E-state index contributed by atoms with van der Waals surface area (Å²) in [7, 11) is 1.54. The lowest BCUT2D eigenvalue weighted by molar-refractivity contribution is -0.132. The fraction of sp³-hybridized carbons (Fsp3) is 0.188. The number of nitrogens with one attached hydrogen (secondary N) is 1. The van der Waals surface area contributed by atoms with Crippen LogP contribution in [0, 0.1) is 0 Å². The third-order valence-electron chi connectivity index (χ3n) is 7.37. The molecule has 5 heteroatoms. The van der Waals surface area contributed by atoms with Crippen LogP contribution in [0.1, 0.15) is 48.4 Å². The van der Waals surface area contributed by atoms with Gasteiger partial charge in [-0.3, -0.25) is 9.59 Å². The normalized spacial score (nSPS) is 18.6. The van der Waals surface area contributed by atoms with Gasteiger partial charge < -0.3 is 14.8 Å². The molecule has 1 heterocycles. The highest BCUT2D eigenvalue weighted by Gasteiger charge is 2.38. The third-order valence-corrected chi connectivity index (χ3v) is 7.37. The number of hydrogen-bond donors (Lipinski definition) is 1. The van der Waals surface area contributed by atoms with Gasteiger partial charge in [-0.05, 0) is 58.0 Å². The monoisotopic (exact) mass is 489 g/mol. The second kappa shape index (κ2) is 9.25. The zero-order chi connectivity index (χ0) is 25.5. The van der Waals surface area contributed by atoms with Crippen molar-refractivity contribution in [3.8, 4) is 11.5 Å². The molecule has 0 radical (unpaired) electrons. The number of Topliss-reactive ketones (excluding diaryl/α,β-unsaturated/α-hetero) is 1. The first-order valence-electron chi connectivity index (χ1n) is 12.5. The van der Waals surface area contributed by atoms with Crippen LogP contribution in [0.15, 0.2) is 90.5 Å². The third kappa shape index (κ3) is 4.06. The first kappa shape index (κ1) is 23.0. The van der Waals surface area contributed by atoms with E-state index in [-0.39, 0.29) is 17.7 Å². The Hall–Kier alpha value is -4.38. The van der Waals surface area contributed by atoms with Crippen LogP contribution in [-0.2, 0) is 9.59 Å². The van der Waals surface area contributed by atoms with Crippen molar-refractivity contribution in [2.75, 3.05) is 12.4 Å². The van der Waals surface area contributed by atoms with Gasteiger partial charge in [0.25, 0.3) is 0 Å². The SMILES string of the molecule is COc1cc([C@H]2Nc3ccc4ccccc4c3C3=C2C(=O)C[C@H](c2ccccc2)C3)ccc1OC(C)=O. The highest BCUT2D eigenvalue weighted by Crippen LogP contribution is 2.51. The molecule has 0 spiro atoms. The van der Waals surface area contributed by atoms with Crippen LogP contribution in [0.4, 0.5) is 5.69 Å². The molecular formula is C32H27NO4. The van der Waals surface area contributed by atoms with Gasteiger partial charge >= 0.3 is 5.97 Å². The van der Waals surface area contributed by atoms with Gasteiger partial charge in [-0.25, -0.2) is 0 Å². The fourth-order valence-electron chi connectivity index (χ4n) is 5.76. The van der Waals surface area contributed by atoms with E-state index in [1.807, 2.05) is 42.5 Å². The topological polar surface area (TPSA) is 64.6 Å². The molecule has 0 bridgehead atoms. The van der Waals surface area contributed by atoms with Crippen molar-refractivity contribution in [2.45, 2.75) is 31.7 Å². The molecule has 1 aliphatic heterocycles. The standard InChI is InChI=1S/C32H27NO4/c1-19(34)37-28-15-13-22(18-29(28)36-2)32-31-25(16-23(17-27(31)35)20-8-4-3-5-9-20)30-24-11-7-6-10-21(24)12-14-26(30)33-32/h3-15,18,23,32-33H,16-17H2,1-2H3/t23-,32-/m1/s1. The van der Waals surface area contributed by atoms with E-state index in [4.69, 9.17) is 9.47 Å². The number of benzene rings is 4. The van der Waals surface area contributed by atoms with E-state index >= 15 is 0 Å². The molecule has 4 aromatic rings. The van der Waals surface area contributed by atoms with E-state index < -0.39 is 5.97 Å². The van der Waals surface area contributed by atoms with Gasteiger partial charge in [0.15, 0.2) is 17.3 Å². The predicted octanol–water partition coefficient (Wildman–Crippen LogP) is 6.84. The Kier molecular flexibility index (Phi) is 5.76. The Morgan fingerprint density at radius 3 is 2.43 bits per heavy atom. The lowest BCUT2D eigenvalue weighted by atomic mass is 9.71. The maximum absolute atomic E-state index is 13.9. The van der Waals surface area contributed by atoms with Crippen LogP contribution in [0.5, 0.6) is 11.5 Å². The highest BCUT2D eigenvalue weighted by atomic mass is 16.6. The average Bonchev–Trinajstić information content (AvgIpc) is 2.92. The molecule has 5 nitrogen and oxygen atoms in total. The number of esters is 1. The lowest BCUT2D eigenvalue weighted by Gasteiger charge is -2.37. The number of fused-ring (bicyclic) bond motifs is 4. The number of anilines is 1. The lowest BCUT2D eigenvalue weighted by Crippen LogP contribution is -2.29. The quantitative estimate of drug-likeness (QED) is 0.251. The molecule has 0 amide bonds. The van der Waals surface area contributed by atoms with Crippen LogP contribution in [-0.4, -0.2) is 18.9 Å². The maximum atomic E-state index is 13.9. The minimum Gasteiger partial charge on any atom is -0.493 e. The van der Waals surface area contributed by atoms with Gasteiger partial charge in [-0.1, -0.05) is 66.7 Å². The largest absolute Gasteiger partial charge is 0.493 e. The van der Waals surface area contributed by atoms with Crippen LogP contribution >= 0.6 is 0 Å². The Balaban J connectivity index is 1.53. The molecule has 184 valence electrons. The molecule has 0 saturated carbocycles. The molecule has 2 atom stereocenters. The number of hydrogen-bond acceptors (Lipinski definition) is 5. The van der Waals surface area contributed by atoms with E-state index in [9.17, 15) is 9.59 Å². The van der Waals surface area contributed by atoms with Crippen LogP contribution in [0.2, 0.25) is 0 Å². The number of rotatable bonds is 4. The molecule has 1 N–H and O–H groups in total. The van der Waals surface area contributed by atoms with Gasteiger partial charge in [0.1, 0.15) is 0 Å². The molecule has 6 rings (SSSR count). The smallest absolute Gasteiger partial charge is 0.308 e. The summed E-state index contributed by atoms with van der Waals surface area (Å²) in [6.07, 6.45) is 1.25. The summed E-state index contributed by atoms with van der Waals surface area (Å²) in [6.45, 7) is 1.36. The number of carbonyl (C=O) groups excluding carboxylic acids is 2. The Bertz CT molecular complexity index is 1570. The van der Waals surface area contributed by atoms with Gasteiger partial charge in [-0.15, -0.1) is 0 Å². The van der Waals surface area contributed by atoms with E-state index in [0.717, 1.165) is 45.2 Å². The number of carbonyl (C=O) groups is 2. The average molecular weight is 490 g/mol. The van der Waals surface area contributed by atoms with Crippen molar-refractivity contribution in [3.63, 3.8) is 0 Å². The van der Waals surface area contributed by atoms with Crippen LogP contribution < -0.4 is 14.8 Å². The molecule has 1 aliphatic carbocycles. The minimum absolute atomic E-state index is 0.124. The van der Waals surface area contributed by atoms with Crippen molar-refractivity contribution in [3.05, 3.63) is 107 Å². The molecule has 0 aromatic heterocycles. The van der Waals surface area contributed by atoms with Crippen molar-refractivity contribution < 1.29 is 19.1 Å². The van der Waals surface area contributed by atoms with Crippen LogP contribution in [0.3, 0.4) is 0 Å². The number of allylic oxidation sites excluding steroid dienone is 1. The zero-order valence-corrected chi connectivity index (χ0v) is 20.8. The second-order valence-corrected chi connectivity index (χ2v) is 9.62. The van der Waals surface area contributed by atoms with E-state index in [2.05, 4.69) is 41.7 Å². The van der Waals surface area contributed by atoms with Gasteiger partial charge in [-0.2, -0.15) is 0 Å². The van der Waals surface area contributed by atoms with Gasteiger partial charge in [0, 0.05) is 30.2 Å². The molecule has 37 heavy (non-hydrogen) atoms. The first-order chi connectivity index (χ1) is 18.0. The highest BCUT2D eigenvalue weighted by molar-refractivity contribution is 6.13. The summed E-state index contributed by atoms with van der Waals surface area (Å²) in [5, 5.41) is 5.95.